The van der Waals surface area contributed by atoms with E-state index in [-0.39, 0.29) is 23.1 Å². The van der Waals surface area contributed by atoms with Crippen molar-refractivity contribution >= 4 is 11.5 Å². The molecule has 3 aromatic rings. The fraction of sp³-hybridized carbons (Fsp3) is 0.227. The van der Waals surface area contributed by atoms with Gasteiger partial charge in [-0.1, -0.05) is 5.16 Å². The van der Waals surface area contributed by atoms with Crippen molar-refractivity contribution in [3.05, 3.63) is 83.4 Å². The normalized spacial score (nSPS) is 12.1. The SMILES string of the molecule is CC(=O)c1ccc(-n2ccnc2)cc1.CON=C(C)c1cc(C(F)(F)F)cc(C(F)(F)F)c1. The topological polar surface area (TPSA) is 56.5 Å². The Balaban J connectivity index is 0.000000243. The van der Waals surface area contributed by atoms with Gasteiger partial charge in [0.2, 0.25) is 0 Å². The number of Topliss-reactive ketones (excluding diaryl/α,β-unsaturated/α-hetero) is 1. The Labute approximate surface area is 185 Å². The average molecular weight is 471 g/mol. The molecule has 0 aliphatic heterocycles. The standard InChI is InChI=1S/C11H9F6NO.C11H10N2O/c1-6(18-19-2)7-3-8(10(12,13)14)5-9(4-7)11(15,16)17;1-9(14)10-2-4-11(5-3-10)13-7-6-12-8-13/h3-5H,1-2H3;2-8H,1H3. The van der Waals surface area contributed by atoms with Crippen LogP contribution in [0.2, 0.25) is 0 Å². The number of rotatable bonds is 4. The molecule has 0 saturated carbocycles. The van der Waals surface area contributed by atoms with Gasteiger partial charge in [0.15, 0.2) is 5.78 Å². The van der Waals surface area contributed by atoms with Crippen LogP contribution in [0.25, 0.3) is 5.69 Å². The van der Waals surface area contributed by atoms with Crippen LogP contribution >= 0.6 is 0 Å². The number of halogens is 6. The Morgan fingerprint density at radius 2 is 1.45 bits per heavy atom. The summed E-state index contributed by atoms with van der Waals surface area (Å²) in [5.74, 6) is 0.0854. The predicted molar refractivity (Wildman–Crippen MR) is 109 cm³/mol. The molecule has 0 spiro atoms. The molecule has 11 heteroatoms. The highest BCUT2D eigenvalue weighted by molar-refractivity contribution is 5.98. The van der Waals surface area contributed by atoms with Gasteiger partial charge >= 0.3 is 12.4 Å². The van der Waals surface area contributed by atoms with Gasteiger partial charge < -0.3 is 9.40 Å². The van der Waals surface area contributed by atoms with Gasteiger partial charge in [0.1, 0.15) is 7.11 Å². The van der Waals surface area contributed by atoms with E-state index in [2.05, 4.69) is 15.0 Å². The summed E-state index contributed by atoms with van der Waals surface area (Å²) in [6.45, 7) is 2.81. The Morgan fingerprint density at radius 1 is 0.909 bits per heavy atom. The van der Waals surface area contributed by atoms with Crippen LogP contribution in [0.1, 0.15) is 40.9 Å². The first kappa shape index (κ1) is 25.6. The Bertz CT molecular complexity index is 1070. The summed E-state index contributed by atoms with van der Waals surface area (Å²) < 4.78 is 77.2. The van der Waals surface area contributed by atoms with Crippen LogP contribution < -0.4 is 0 Å². The summed E-state index contributed by atoms with van der Waals surface area (Å²) in [5, 5.41) is 3.32. The number of carbonyl (C=O) groups is 1. The zero-order valence-corrected chi connectivity index (χ0v) is 17.7. The van der Waals surface area contributed by atoms with Crippen LogP contribution in [-0.2, 0) is 17.2 Å². The summed E-state index contributed by atoms with van der Waals surface area (Å²) in [4.78, 5) is 19.3. The third-order valence-corrected chi connectivity index (χ3v) is 4.31. The second kappa shape index (κ2) is 10.3. The van der Waals surface area contributed by atoms with E-state index in [1.807, 2.05) is 35.0 Å². The lowest BCUT2D eigenvalue weighted by atomic mass is 10.0. The van der Waals surface area contributed by atoms with Crippen LogP contribution in [0.5, 0.6) is 0 Å². The minimum Gasteiger partial charge on any atom is -0.399 e. The Morgan fingerprint density at radius 3 is 1.85 bits per heavy atom. The van der Waals surface area contributed by atoms with Gasteiger partial charge in [0.05, 0.1) is 23.2 Å². The van der Waals surface area contributed by atoms with E-state index < -0.39 is 23.5 Å². The summed E-state index contributed by atoms with van der Waals surface area (Å²) in [5.41, 5.74) is -1.42. The van der Waals surface area contributed by atoms with Crippen LogP contribution in [-0.4, -0.2) is 28.2 Å². The molecule has 1 heterocycles. The van der Waals surface area contributed by atoms with Gasteiger partial charge in [0, 0.05) is 29.2 Å². The van der Waals surface area contributed by atoms with Crippen LogP contribution in [0.3, 0.4) is 0 Å². The molecular formula is C22H19F6N3O2. The predicted octanol–water partition coefficient (Wildman–Crippen LogP) is 6.17. The lowest BCUT2D eigenvalue weighted by molar-refractivity contribution is -0.143. The molecule has 5 nitrogen and oxygen atoms in total. The fourth-order valence-electron chi connectivity index (χ4n) is 2.63. The van der Waals surface area contributed by atoms with E-state index >= 15 is 0 Å². The molecule has 0 atom stereocenters. The van der Waals surface area contributed by atoms with E-state index in [9.17, 15) is 31.1 Å². The molecule has 0 aliphatic carbocycles. The molecule has 0 radical (unpaired) electrons. The maximum Gasteiger partial charge on any atom is 0.416 e. The van der Waals surface area contributed by atoms with Crippen molar-refractivity contribution in [3.63, 3.8) is 0 Å². The lowest BCUT2D eigenvalue weighted by Crippen LogP contribution is -2.13. The minimum atomic E-state index is -4.87. The summed E-state index contributed by atoms with van der Waals surface area (Å²) in [6.07, 6.45) is -4.43. The van der Waals surface area contributed by atoms with Crippen molar-refractivity contribution in [3.8, 4) is 5.69 Å². The van der Waals surface area contributed by atoms with Crippen molar-refractivity contribution in [2.75, 3.05) is 7.11 Å². The molecular weight excluding hydrogens is 452 g/mol. The smallest absolute Gasteiger partial charge is 0.399 e. The molecule has 3 rings (SSSR count). The molecule has 33 heavy (non-hydrogen) atoms. The maximum absolute atomic E-state index is 12.5. The molecule has 176 valence electrons. The van der Waals surface area contributed by atoms with Crippen molar-refractivity contribution in [2.45, 2.75) is 26.2 Å². The van der Waals surface area contributed by atoms with Gasteiger partial charge in [-0.3, -0.25) is 4.79 Å². The minimum absolute atomic E-state index is 0.0591. The third-order valence-electron chi connectivity index (χ3n) is 4.31. The fourth-order valence-corrected chi connectivity index (χ4v) is 2.63. The molecule has 2 aromatic carbocycles. The third kappa shape index (κ3) is 7.19. The number of ketones is 1. The summed E-state index contributed by atoms with van der Waals surface area (Å²) >= 11 is 0. The van der Waals surface area contributed by atoms with E-state index in [1.165, 1.54) is 6.92 Å². The number of carbonyl (C=O) groups excluding carboxylic acids is 1. The monoisotopic (exact) mass is 471 g/mol. The van der Waals surface area contributed by atoms with E-state index in [4.69, 9.17) is 0 Å². The molecule has 0 aliphatic rings. The first-order valence-corrected chi connectivity index (χ1v) is 9.30. The number of imidazole rings is 1. The maximum atomic E-state index is 12.5. The average Bonchev–Trinajstić information content (AvgIpc) is 3.28. The molecule has 0 saturated heterocycles. The molecule has 0 N–H and O–H groups in total. The largest absolute Gasteiger partial charge is 0.416 e. The second-order valence-corrected chi connectivity index (χ2v) is 6.73. The zero-order chi connectivity index (χ0) is 24.8. The van der Waals surface area contributed by atoms with Crippen LogP contribution in [0, 0.1) is 0 Å². The van der Waals surface area contributed by atoms with Crippen molar-refractivity contribution < 1.29 is 36.0 Å². The molecule has 0 unspecified atom stereocenters. The quantitative estimate of drug-likeness (QED) is 0.198. The molecule has 0 fully saturated rings. The first-order chi connectivity index (χ1) is 15.3. The number of hydrogen-bond donors (Lipinski definition) is 0. The van der Waals surface area contributed by atoms with Gasteiger partial charge in [-0.2, -0.15) is 26.3 Å². The number of alkyl halides is 6. The van der Waals surface area contributed by atoms with Gasteiger partial charge in [-0.15, -0.1) is 0 Å². The molecule has 1 aromatic heterocycles. The van der Waals surface area contributed by atoms with Crippen molar-refractivity contribution in [1.29, 1.82) is 0 Å². The second-order valence-electron chi connectivity index (χ2n) is 6.73. The molecule has 0 amide bonds. The summed E-state index contributed by atoms with van der Waals surface area (Å²) in [6, 6.07) is 8.68. The van der Waals surface area contributed by atoms with E-state index in [0.717, 1.165) is 18.4 Å². The van der Waals surface area contributed by atoms with Crippen molar-refractivity contribution in [1.82, 2.24) is 9.55 Å². The first-order valence-electron chi connectivity index (χ1n) is 9.30. The van der Waals surface area contributed by atoms with Gasteiger partial charge in [-0.25, -0.2) is 4.98 Å². The van der Waals surface area contributed by atoms with Crippen molar-refractivity contribution in [2.24, 2.45) is 5.16 Å². The number of benzene rings is 2. The summed E-state index contributed by atoms with van der Waals surface area (Å²) in [7, 11) is 1.14. The number of hydrogen-bond acceptors (Lipinski definition) is 4. The highest BCUT2D eigenvalue weighted by Gasteiger charge is 2.37. The number of aromatic nitrogens is 2. The molecule has 0 bridgehead atoms. The lowest BCUT2D eigenvalue weighted by Gasteiger charge is -2.13. The van der Waals surface area contributed by atoms with Gasteiger partial charge in [-0.05, 0) is 56.3 Å². The van der Waals surface area contributed by atoms with E-state index in [0.29, 0.717) is 12.1 Å². The Hall–Kier alpha value is -3.63. The van der Waals surface area contributed by atoms with Crippen LogP contribution in [0.4, 0.5) is 26.3 Å². The zero-order valence-electron chi connectivity index (χ0n) is 17.7. The Kier molecular flexibility index (Phi) is 8.02. The van der Waals surface area contributed by atoms with Gasteiger partial charge in [0.25, 0.3) is 0 Å². The highest BCUT2D eigenvalue weighted by atomic mass is 19.4. The number of nitrogens with zero attached hydrogens (tertiary/aromatic N) is 3. The number of oxime groups is 1. The highest BCUT2D eigenvalue weighted by Crippen LogP contribution is 2.36. The van der Waals surface area contributed by atoms with E-state index in [1.54, 1.807) is 19.4 Å². The van der Waals surface area contributed by atoms with Crippen LogP contribution in [0.15, 0.2) is 66.3 Å².